The summed E-state index contributed by atoms with van der Waals surface area (Å²) in [5.74, 6) is 0. The molecule has 1 aromatic carbocycles. The van der Waals surface area contributed by atoms with Crippen molar-refractivity contribution < 1.29 is 4.74 Å². The smallest absolute Gasteiger partial charge is 0.0897 e. The van der Waals surface area contributed by atoms with Crippen LogP contribution >= 0.6 is 11.6 Å². The molecule has 1 aliphatic heterocycles. The second-order valence-corrected chi connectivity index (χ2v) is 6.42. The van der Waals surface area contributed by atoms with Crippen LogP contribution in [0.5, 0.6) is 0 Å². The Morgan fingerprint density at radius 1 is 1.43 bits per heavy atom. The van der Waals surface area contributed by atoms with Crippen molar-refractivity contribution in [1.82, 2.24) is 10.2 Å². The minimum atomic E-state index is 0.172. The minimum absolute atomic E-state index is 0.172. The predicted molar refractivity (Wildman–Crippen MR) is 88.9 cm³/mol. The lowest BCUT2D eigenvalue weighted by Gasteiger charge is -2.39. The van der Waals surface area contributed by atoms with Gasteiger partial charge in [0.1, 0.15) is 0 Å². The van der Waals surface area contributed by atoms with E-state index in [2.05, 4.69) is 37.1 Å². The number of benzene rings is 1. The summed E-state index contributed by atoms with van der Waals surface area (Å²) in [6.07, 6.45) is 1.28. The van der Waals surface area contributed by atoms with Crippen molar-refractivity contribution in [3.05, 3.63) is 34.9 Å². The SMILES string of the molecule is CCCNC(c1cccc(Cl)c1)C1CN(C(C)C)CCO1. The standard InChI is InChI=1S/C17H27ClN2O/c1-4-8-19-17(14-6-5-7-15(18)11-14)16-12-20(13(2)3)9-10-21-16/h5-7,11,13,16-17,19H,4,8-10,12H2,1-3H3. The van der Waals surface area contributed by atoms with Crippen LogP contribution in [-0.4, -0.2) is 43.3 Å². The number of hydrogen-bond donors (Lipinski definition) is 1. The van der Waals surface area contributed by atoms with E-state index in [0.717, 1.165) is 37.7 Å². The zero-order chi connectivity index (χ0) is 15.2. The highest BCUT2D eigenvalue weighted by Gasteiger charge is 2.29. The molecule has 1 aliphatic rings. The molecular weight excluding hydrogens is 284 g/mol. The van der Waals surface area contributed by atoms with Crippen molar-refractivity contribution in [3.8, 4) is 0 Å². The van der Waals surface area contributed by atoms with Gasteiger partial charge >= 0.3 is 0 Å². The average molecular weight is 311 g/mol. The molecule has 118 valence electrons. The summed E-state index contributed by atoms with van der Waals surface area (Å²) in [5, 5.41) is 4.42. The fourth-order valence-corrected chi connectivity index (χ4v) is 3.03. The molecule has 0 aliphatic carbocycles. The van der Waals surface area contributed by atoms with Gasteiger partial charge < -0.3 is 10.1 Å². The topological polar surface area (TPSA) is 24.5 Å². The molecule has 1 saturated heterocycles. The van der Waals surface area contributed by atoms with Gasteiger partial charge in [-0.25, -0.2) is 0 Å². The highest BCUT2D eigenvalue weighted by molar-refractivity contribution is 6.30. The second-order valence-electron chi connectivity index (χ2n) is 5.98. The lowest BCUT2D eigenvalue weighted by atomic mass is 9.99. The van der Waals surface area contributed by atoms with Crippen LogP contribution in [0.15, 0.2) is 24.3 Å². The highest BCUT2D eigenvalue weighted by atomic mass is 35.5. The first-order valence-corrected chi connectivity index (χ1v) is 8.34. The maximum absolute atomic E-state index is 6.16. The molecule has 2 unspecified atom stereocenters. The van der Waals surface area contributed by atoms with E-state index in [9.17, 15) is 0 Å². The Hall–Kier alpha value is -0.610. The fourth-order valence-electron chi connectivity index (χ4n) is 2.83. The number of nitrogens with one attached hydrogen (secondary N) is 1. The van der Waals surface area contributed by atoms with Gasteiger partial charge in [0.25, 0.3) is 0 Å². The van der Waals surface area contributed by atoms with Gasteiger partial charge in [0.2, 0.25) is 0 Å². The molecule has 0 bridgehead atoms. The molecule has 2 atom stereocenters. The molecule has 1 aromatic rings. The maximum Gasteiger partial charge on any atom is 0.0897 e. The number of halogens is 1. The van der Waals surface area contributed by atoms with Crippen LogP contribution < -0.4 is 5.32 Å². The Morgan fingerprint density at radius 3 is 2.90 bits per heavy atom. The van der Waals surface area contributed by atoms with E-state index in [1.807, 2.05) is 18.2 Å². The summed E-state index contributed by atoms with van der Waals surface area (Å²) in [5.41, 5.74) is 1.21. The number of nitrogens with zero attached hydrogens (tertiary/aromatic N) is 1. The summed E-state index contributed by atoms with van der Waals surface area (Å²) < 4.78 is 6.06. The number of rotatable bonds is 6. The molecule has 3 nitrogen and oxygen atoms in total. The molecule has 0 aromatic heterocycles. The first-order chi connectivity index (χ1) is 10.1. The van der Waals surface area contributed by atoms with Crippen molar-refractivity contribution in [2.45, 2.75) is 45.4 Å². The summed E-state index contributed by atoms with van der Waals surface area (Å²) in [6.45, 7) is 10.4. The zero-order valence-electron chi connectivity index (χ0n) is 13.3. The molecule has 0 saturated carbocycles. The van der Waals surface area contributed by atoms with Crippen LogP contribution in [0.1, 0.15) is 38.8 Å². The lowest BCUT2D eigenvalue weighted by Crippen LogP contribution is -2.50. The molecule has 21 heavy (non-hydrogen) atoms. The highest BCUT2D eigenvalue weighted by Crippen LogP contribution is 2.25. The van der Waals surface area contributed by atoms with Crippen LogP contribution in [0.3, 0.4) is 0 Å². The number of hydrogen-bond acceptors (Lipinski definition) is 3. The quantitative estimate of drug-likeness (QED) is 0.870. The molecule has 1 N–H and O–H groups in total. The van der Waals surface area contributed by atoms with Gasteiger partial charge in [0.05, 0.1) is 18.8 Å². The summed E-state index contributed by atoms with van der Waals surface area (Å²) >= 11 is 6.16. The van der Waals surface area contributed by atoms with Gasteiger partial charge in [-0.3, -0.25) is 4.90 Å². The molecular formula is C17H27ClN2O. The Labute approximate surface area is 133 Å². The third-order valence-electron chi connectivity index (χ3n) is 4.05. The lowest BCUT2D eigenvalue weighted by molar-refractivity contribution is -0.0560. The summed E-state index contributed by atoms with van der Waals surface area (Å²) in [7, 11) is 0. The first-order valence-electron chi connectivity index (χ1n) is 7.96. The third-order valence-corrected chi connectivity index (χ3v) is 4.28. The van der Waals surface area contributed by atoms with Gasteiger partial charge in [-0.15, -0.1) is 0 Å². The van der Waals surface area contributed by atoms with Crippen LogP contribution in [0.25, 0.3) is 0 Å². The molecule has 2 rings (SSSR count). The van der Waals surface area contributed by atoms with Crippen molar-refractivity contribution in [2.24, 2.45) is 0 Å². The number of ether oxygens (including phenoxy) is 1. The summed E-state index contributed by atoms with van der Waals surface area (Å²) in [6, 6.07) is 8.88. The Bertz CT molecular complexity index is 439. The zero-order valence-corrected chi connectivity index (χ0v) is 14.1. The van der Waals surface area contributed by atoms with Gasteiger partial charge in [-0.05, 0) is 44.5 Å². The Kier molecular flexibility index (Phi) is 6.49. The fraction of sp³-hybridized carbons (Fsp3) is 0.647. The largest absolute Gasteiger partial charge is 0.374 e. The van der Waals surface area contributed by atoms with Crippen LogP contribution in [0, 0.1) is 0 Å². The van der Waals surface area contributed by atoms with Gasteiger partial charge in [0.15, 0.2) is 0 Å². The van der Waals surface area contributed by atoms with Gasteiger partial charge in [-0.1, -0.05) is 30.7 Å². The monoisotopic (exact) mass is 310 g/mol. The molecule has 1 fully saturated rings. The number of morpholine rings is 1. The molecule has 4 heteroatoms. The normalized spacial score (nSPS) is 21.7. The van der Waals surface area contributed by atoms with Crippen LogP contribution in [-0.2, 0) is 4.74 Å². The Balaban J connectivity index is 2.15. The second kappa shape index (κ2) is 8.14. The maximum atomic E-state index is 6.16. The summed E-state index contributed by atoms with van der Waals surface area (Å²) in [4.78, 5) is 2.49. The van der Waals surface area contributed by atoms with E-state index in [1.54, 1.807) is 0 Å². The Morgan fingerprint density at radius 2 is 2.24 bits per heavy atom. The van der Waals surface area contributed by atoms with Crippen LogP contribution in [0.4, 0.5) is 0 Å². The molecule has 0 radical (unpaired) electrons. The van der Waals surface area contributed by atoms with E-state index in [1.165, 1.54) is 5.56 Å². The van der Waals surface area contributed by atoms with E-state index in [-0.39, 0.29) is 12.1 Å². The van der Waals surface area contributed by atoms with E-state index < -0.39 is 0 Å². The third kappa shape index (κ3) is 4.68. The van der Waals surface area contributed by atoms with Gasteiger partial charge in [-0.2, -0.15) is 0 Å². The van der Waals surface area contributed by atoms with E-state index in [0.29, 0.717) is 6.04 Å². The predicted octanol–water partition coefficient (Wildman–Crippen LogP) is 3.49. The van der Waals surface area contributed by atoms with E-state index >= 15 is 0 Å². The molecule has 0 spiro atoms. The van der Waals surface area contributed by atoms with Crippen molar-refractivity contribution in [1.29, 1.82) is 0 Å². The van der Waals surface area contributed by atoms with Crippen molar-refractivity contribution in [2.75, 3.05) is 26.2 Å². The van der Waals surface area contributed by atoms with Gasteiger partial charge in [0, 0.05) is 24.2 Å². The molecule has 0 amide bonds. The van der Waals surface area contributed by atoms with Crippen LogP contribution in [0.2, 0.25) is 5.02 Å². The van der Waals surface area contributed by atoms with E-state index in [4.69, 9.17) is 16.3 Å². The minimum Gasteiger partial charge on any atom is -0.374 e. The molecule has 1 heterocycles. The average Bonchev–Trinajstić information content (AvgIpc) is 2.48. The van der Waals surface area contributed by atoms with Crippen molar-refractivity contribution in [3.63, 3.8) is 0 Å². The van der Waals surface area contributed by atoms with Crippen molar-refractivity contribution >= 4 is 11.6 Å². The first kappa shape index (κ1) is 16.8.